The van der Waals surface area contributed by atoms with Crippen LogP contribution in [0.2, 0.25) is 0 Å². The Bertz CT molecular complexity index is 1160. The van der Waals surface area contributed by atoms with Crippen molar-refractivity contribution in [3.8, 4) is 11.5 Å². The van der Waals surface area contributed by atoms with Gasteiger partial charge in [-0.05, 0) is 56.2 Å². The first kappa shape index (κ1) is 20.0. The van der Waals surface area contributed by atoms with Crippen molar-refractivity contribution >= 4 is 22.4 Å². The molecule has 156 valence electrons. The summed E-state index contributed by atoms with van der Waals surface area (Å²) in [6, 6.07) is 12.7. The molecular formula is C23H24N2O5. The Labute approximate surface area is 173 Å². The Morgan fingerprint density at radius 1 is 1.13 bits per heavy atom. The zero-order chi connectivity index (χ0) is 21.3. The lowest BCUT2D eigenvalue weighted by Gasteiger charge is -2.19. The maximum Gasteiger partial charge on any atom is 0.258 e. The van der Waals surface area contributed by atoms with E-state index in [0.717, 1.165) is 5.56 Å². The first-order chi connectivity index (χ1) is 14.3. The average Bonchev–Trinajstić information content (AvgIpc) is 3.16. The minimum atomic E-state index is -1.00. The molecule has 0 radical (unpaired) electrons. The summed E-state index contributed by atoms with van der Waals surface area (Å²) in [7, 11) is 0. The van der Waals surface area contributed by atoms with Gasteiger partial charge in [-0.25, -0.2) is 0 Å². The lowest BCUT2D eigenvalue weighted by molar-refractivity contribution is -0.116. The summed E-state index contributed by atoms with van der Waals surface area (Å²) in [4.78, 5) is 25.3. The monoisotopic (exact) mass is 408 g/mol. The maximum atomic E-state index is 12.8. The van der Waals surface area contributed by atoms with Crippen LogP contribution in [0.25, 0.3) is 10.8 Å². The molecule has 3 aromatic rings. The van der Waals surface area contributed by atoms with Gasteiger partial charge in [0, 0.05) is 29.1 Å². The number of carbonyl (C=O) groups excluding carboxylic acids is 1. The Morgan fingerprint density at radius 2 is 1.93 bits per heavy atom. The molecule has 0 saturated carbocycles. The minimum absolute atomic E-state index is 0.138. The van der Waals surface area contributed by atoms with E-state index in [1.807, 2.05) is 18.2 Å². The smallest absolute Gasteiger partial charge is 0.258 e. The predicted octanol–water partition coefficient (Wildman–Crippen LogP) is 3.07. The fourth-order valence-corrected chi connectivity index (χ4v) is 3.54. The number of hydrogen-bond donors (Lipinski definition) is 2. The van der Waals surface area contributed by atoms with Crippen molar-refractivity contribution in [2.45, 2.75) is 38.8 Å². The number of pyridine rings is 1. The fraction of sp³-hybridized carbons (Fsp3) is 0.304. The molecule has 1 aliphatic heterocycles. The number of carbonyl (C=O) groups is 1. The minimum Gasteiger partial charge on any atom is -0.454 e. The molecule has 2 aromatic carbocycles. The normalized spacial score (nSPS) is 12.9. The van der Waals surface area contributed by atoms with Crippen molar-refractivity contribution in [3.63, 3.8) is 0 Å². The third-order valence-electron chi connectivity index (χ3n) is 4.93. The Balaban J connectivity index is 1.48. The highest BCUT2D eigenvalue weighted by Gasteiger charge is 2.17. The topological polar surface area (TPSA) is 89.8 Å². The number of fused-ring (bicyclic) bond motifs is 2. The molecule has 0 unspecified atom stereocenters. The van der Waals surface area contributed by atoms with Crippen LogP contribution < -0.4 is 20.3 Å². The van der Waals surface area contributed by atoms with Crippen LogP contribution in [0.3, 0.4) is 0 Å². The van der Waals surface area contributed by atoms with Crippen LogP contribution in [-0.2, 0) is 17.8 Å². The lowest BCUT2D eigenvalue weighted by atomic mass is 10.1. The van der Waals surface area contributed by atoms with Gasteiger partial charge in [0.05, 0.1) is 12.1 Å². The summed E-state index contributed by atoms with van der Waals surface area (Å²) in [5, 5.41) is 14.1. The van der Waals surface area contributed by atoms with E-state index in [9.17, 15) is 14.7 Å². The average molecular weight is 408 g/mol. The van der Waals surface area contributed by atoms with Gasteiger partial charge in [-0.15, -0.1) is 0 Å². The van der Waals surface area contributed by atoms with E-state index in [-0.39, 0.29) is 24.8 Å². The molecule has 1 aliphatic rings. The number of ether oxygens (including phenoxy) is 2. The number of aliphatic hydroxyl groups is 1. The van der Waals surface area contributed by atoms with Gasteiger partial charge < -0.3 is 24.5 Å². The lowest BCUT2D eigenvalue weighted by Crippen LogP contribution is -2.32. The zero-order valence-corrected chi connectivity index (χ0v) is 17.0. The number of nitrogens with one attached hydrogen (secondary N) is 1. The quantitative estimate of drug-likeness (QED) is 0.654. The SMILES string of the molecule is CC(C)(O)Cn1ccc2c(NC(=O)CCc3ccc4c(c3)OCO4)cccc2c1=O. The Hall–Kier alpha value is -3.32. The number of benzene rings is 2. The van der Waals surface area contributed by atoms with Gasteiger partial charge >= 0.3 is 0 Å². The molecule has 0 aliphatic carbocycles. The molecule has 1 amide bonds. The number of rotatable bonds is 6. The van der Waals surface area contributed by atoms with Crippen molar-refractivity contribution in [2.75, 3.05) is 12.1 Å². The van der Waals surface area contributed by atoms with Crippen molar-refractivity contribution in [2.24, 2.45) is 0 Å². The molecular weight excluding hydrogens is 384 g/mol. The molecule has 30 heavy (non-hydrogen) atoms. The van der Waals surface area contributed by atoms with E-state index < -0.39 is 5.60 Å². The molecule has 7 nitrogen and oxygen atoms in total. The molecule has 2 heterocycles. The molecule has 0 bridgehead atoms. The largest absolute Gasteiger partial charge is 0.454 e. The molecule has 0 atom stereocenters. The van der Waals surface area contributed by atoms with Gasteiger partial charge in [0.15, 0.2) is 11.5 Å². The van der Waals surface area contributed by atoms with Crippen LogP contribution in [0, 0.1) is 0 Å². The van der Waals surface area contributed by atoms with Crippen LogP contribution >= 0.6 is 0 Å². The predicted molar refractivity (Wildman–Crippen MR) is 114 cm³/mol. The van der Waals surface area contributed by atoms with Crippen LogP contribution in [-0.4, -0.2) is 28.0 Å². The first-order valence-electron chi connectivity index (χ1n) is 9.83. The van der Waals surface area contributed by atoms with Crippen LogP contribution in [0.5, 0.6) is 11.5 Å². The van der Waals surface area contributed by atoms with Gasteiger partial charge in [-0.2, -0.15) is 0 Å². The standard InChI is InChI=1S/C23H24N2O5/c1-23(2,28)13-25-11-10-16-17(22(25)27)4-3-5-18(16)24-21(26)9-7-15-6-8-19-20(12-15)30-14-29-19/h3-6,8,10-12,28H,7,9,13-14H2,1-2H3,(H,24,26). The number of anilines is 1. The van der Waals surface area contributed by atoms with Gasteiger partial charge in [0.1, 0.15) is 0 Å². The highest BCUT2D eigenvalue weighted by molar-refractivity contribution is 6.01. The molecule has 2 N–H and O–H groups in total. The second-order valence-electron chi connectivity index (χ2n) is 8.06. The highest BCUT2D eigenvalue weighted by atomic mass is 16.7. The van der Waals surface area contributed by atoms with E-state index in [0.29, 0.717) is 40.8 Å². The summed E-state index contributed by atoms with van der Waals surface area (Å²) in [5.41, 5.74) is 0.376. The zero-order valence-electron chi connectivity index (χ0n) is 17.0. The van der Waals surface area contributed by atoms with Crippen LogP contribution in [0.15, 0.2) is 53.5 Å². The van der Waals surface area contributed by atoms with E-state index >= 15 is 0 Å². The van der Waals surface area contributed by atoms with Crippen molar-refractivity contribution < 1.29 is 19.4 Å². The second-order valence-corrected chi connectivity index (χ2v) is 8.06. The molecule has 7 heteroatoms. The summed E-state index contributed by atoms with van der Waals surface area (Å²) in [5.74, 6) is 1.28. The van der Waals surface area contributed by atoms with Gasteiger partial charge in [0.25, 0.3) is 5.56 Å². The Kier molecular flexibility index (Phi) is 5.22. The number of aromatic nitrogens is 1. The number of amides is 1. The van der Waals surface area contributed by atoms with Crippen molar-refractivity contribution in [1.29, 1.82) is 0 Å². The number of aryl methyl sites for hydroxylation is 1. The Morgan fingerprint density at radius 3 is 2.73 bits per heavy atom. The van der Waals surface area contributed by atoms with Gasteiger partial charge in [-0.1, -0.05) is 12.1 Å². The second kappa shape index (κ2) is 7.84. The number of hydrogen-bond acceptors (Lipinski definition) is 5. The third-order valence-corrected chi connectivity index (χ3v) is 4.93. The van der Waals surface area contributed by atoms with E-state index in [4.69, 9.17) is 9.47 Å². The van der Waals surface area contributed by atoms with Crippen molar-refractivity contribution in [1.82, 2.24) is 4.57 Å². The molecule has 1 aromatic heterocycles. The first-order valence-corrected chi connectivity index (χ1v) is 9.83. The molecule has 4 rings (SSSR count). The van der Waals surface area contributed by atoms with Crippen molar-refractivity contribution in [3.05, 3.63) is 64.6 Å². The van der Waals surface area contributed by atoms with Crippen LogP contribution in [0.4, 0.5) is 5.69 Å². The van der Waals surface area contributed by atoms with E-state index in [1.54, 1.807) is 44.3 Å². The molecule has 0 spiro atoms. The van der Waals surface area contributed by atoms with E-state index in [2.05, 4.69) is 5.32 Å². The summed E-state index contributed by atoms with van der Waals surface area (Å²) < 4.78 is 12.2. The molecule has 0 fully saturated rings. The van der Waals surface area contributed by atoms with Gasteiger partial charge in [0.2, 0.25) is 12.7 Å². The highest BCUT2D eigenvalue weighted by Crippen LogP contribution is 2.32. The maximum absolute atomic E-state index is 12.8. The summed E-state index contributed by atoms with van der Waals surface area (Å²) >= 11 is 0. The fourth-order valence-electron chi connectivity index (χ4n) is 3.54. The third kappa shape index (κ3) is 4.31. The summed E-state index contributed by atoms with van der Waals surface area (Å²) in [6.45, 7) is 3.71. The molecule has 0 saturated heterocycles. The summed E-state index contributed by atoms with van der Waals surface area (Å²) in [6.07, 6.45) is 2.50. The number of nitrogens with zero attached hydrogens (tertiary/aromatic N) is 1. The van der Waals surface area contributed by atoms with Crippen LogP contribution in [0.1, 0.15) is 25.8 Å². The van der Waals surface area contributed by atoms with E-state index in [1.165, 1.54) is 4.57 Å². The van der Waals surface area contributed by atoms with Gasteiger partial charge in [-0.3, -0.25) is 9.59 Å².